The van der Waals surface area contributed by atoms with Crippen LogP contribution in [0, 0.1) is 0 Å². The van der Waals surface area contributed by atoms with Gasteiger partial charge in [-0.1, -0.05) is 12.1 Å². The highest BCUT2D eigenvalue weighted by atomic mass is 16.2. The third-order valence-electron chi connectivity index (χ3n) is 1.88. The van der Waals surface area contributed by atoms with Crippen LogP contribution in [0.4, 0.5) is 0 Å². The van der Waals surface area contributed by atoms with E-state index in [1.807, 2.05) is 10.9 Å². The Bertz CT molecular complexity index is 235. The van der Waals surface area contributed by atoms with Crippen molar-refractivity contribution >= 4 is 0 Å². The van der Waals surface area contributed by atoms with Crippen LogP contribution >= 0.6 is 0 Å². The zero-order chi connectivity index (χ0) is 9.52. The largest absolute Gasteiger partial charge is 0.396 e. The first-order valence-corrected chi connectivity index (χ1v) is 4.86. The molecule has 0 aromatic carbocycles. The molecule has 0 bridgehead atoms. The van der Waals surface area contributed by atoms with E-state index in [4.69, 9.17) is 5.11 Å². The van der Waals surface area contributed by atoms with Gasteiger partial charge in [0, 0.05) is 19.3 Å². The highest BCUT2D eigenvalue weighted by molar-refractivity contribution is 4.91. The van der Waals surface area contributed by atoms with Crippen LogP contribution in [0.1, 0.15) is 31.9 Å². The topological polar surface area (TPSA) is 50.9 Å². The van der Waals surface area contributed by atoms with Crippen molar-refractivity contribution in [2.75, 3.05) is 6.61 Å². The van der Waals surface area contributed by atoms with Crippen molar-refractivity contribution in [1.82, 2.24) is 15.0 Å². The first kappa shape index (κ1) is 10.2. The monoisotopic (exact) mass is 183 g/mol. The first-order valence-electron chi connectivity index (χ1n) is 4.86. The first-order chi connectivity index (χ1) is 6.36. The minimum atomic E-state index is 0.267. The van der Waals surface area contributed by atoms with E-state index in [2.05, 4.69) is 17.2 Å². The second-order valence-corrected chi connectivity index (χ2v) is 3.15. The molecule has 4 heteroatoms. The molecule has 1 N–H and O–H groups in total. The minimum Gasteiger partial charge on any atom is -0.396 e. The predicted octanol–water partition coefficient (Wildman–Crippen LogP) is 1.00. The molecule has 0 saturated carbocycles. The third kappa shape index (κ3) is 3.55. The highest BCUT2D eigenvalue weighted by Gasteiger charge is 1.98. The Morgan fingerprint density at radius 3 is 3.00 bits per heavy atom. The normalized spacial score (nSPS) is 10.6. The van der Waals surface area contributed by atoms with Crippen LogP contribution in [0.2, 0.25) is 0 Å². The number of hydrogen-bond donors (Lipinski definition) is 1. The maximum atomic E-state index is 8.59. The van der Waals surface area contributed by atoms with Gasteiger partial charge < -0.3 is 5.11 Å². The Kier molecular flexibility index (Phi) is 4.46. The summed E-state index contributed by atoms with van der Waals surface area (Å²) in [5.41, 5.74) is 1.03. The van der Waals surface area contributed by atoms with Crippen molar-refractivity contribution in [1.29, 1.82) is 0 Å². The number of hydrogen-bond acceptors (Lipinski definition) is 3. The zero-order valence-electron chi connectivity index (χ0n) is 8.11. The zero-order valence-corrected chi connectivity index (χ0v) is 8.11. The van der Waals surface area contributed by atoms with E-state index in [1.54, 1.807) is 0 Å². The maximum absolute atomic E-state index is 8.59. The van der Waals surface area contributed by atoms with Crippen molar-refractivity contribution in [3.63, 3.8) is 0 Å². The van der Waals surface area contributed by atoms with Crippen LogP contribution in [0.5, 0.6) is 0 Å². The van der Waals surface area contributed by atoms with Crippen LogP contribution in [-0.4, -0.2) is 26.7 Å². The van der Waals surface area contributed by atoms with Crippen molar-refractivity contribution in [3.8, 4) is 0 Å². The van der Waals surface area contributed by atoms with Crippen LogP contribution in [-0.2, 0) is 13.0 Å². The predicted molar refractivity (Wildman–Crippen MR) is 50.3 cm³/mol. The Morgan fingerprint density at radius 1 is 1.46 bits per heavy atom. The van der Waals surface area contributed by atoms with E-state index in [0.29, 0.717) is 0 Å². The summed E-state index contributed by atoms with van der Waals surface area (Å²) >= 11 is 0. The van der Waals surface area contributed by atoms with E-state index in [1.165, 1.54) is 0 Å². The van der Waals surface area contributed by atoms with Crippen molar-refractivity contribution in [3.05, 3.63) is 11.9 Å². The lowest BCUT2D eigenvalue weighted by molar-refractivity contribution is 0.284. The molecule has 0 spiro atoms. The second kappa shape index (κ2) is 5.70. The van der Waals surface area contributed by atoms with E-state index in [-0.39, 0.29) is 6.61 Å². The lowest BCUT2D eigenvalue weighted by atomic mass is 10.2. The summed E-state index contributed by atoms with van der Waals surface area (Å²) in [6.45, 7) is 3.32. The number of aliphatic hydroxyl groups is 1. The van der Waals surface area contributed by atoms with Gasteiger partial charge in [-0.25, -0.2) is 0 Å². The summed E-state index contributed by atoms with van der Waals surface area (Å²) in [5, 5.41) is 16.6. The van der Waals surface area contributed by atoms with Gasteiger partial charge in [0.2, 0.25) is 0 Å². The quantitative estimate of drug-likeness (QED) is 0.669. The van der Waals surface area contributed by atoms with Crippen LogP contribution < -0.4 is 0 Å². The summed E-state index contributed by atoms with van der Waals surface area (Å²) in [5.74, 6) is 0. The van der Waals surface area contributed by atoms with E-state index < -0.39 is 0 Å². The number of aromatic nitrogens is 3. The van der Waals surface area contributed by atoms with Gasteiger partial charge >= 0.3 is 0 Å². The Morgan fingerprint density at radius 2 is 2.31 bits per heavy atom. The van der Waals surface area contributed by atoms with Crippen molar-refractivity contribution in [2.24, 2.45) is 0 Å². The molecule has 0 atom stereocenters. The molecule has 13 heavy (non-hydrogen) atoms. The standard InChI is InChI=1S/C9H17N3O/c1-2-6-12-8-9(10-11-12)5-3-4-7-13/h8,13H,2-7H2,1H3. The molecule has 1 rings (SSSR count). The Hall–Kier alpha value is -0.900. The van der Waals surface area contributed by atoms with Gasteiger partial charge in [-0.3, -0.25) is 4.68 Å². The fourth-order valence-corrected chi connectivity index (χ4v) is 1.21. The van der Waals surface area contributed by atoms with Crippen LogP contribution in [0.25, 0.3) is 0 Å². The van der Waals surface area contributed by atoms with Gasteiger partial charge in [0.05, 0.1) is 5.69 Å². The molecule has 0 aliphatic heterocycles. The molecule has 0 unspecified atom stereocenters. The number of nitrogens with zero attached hydrogens (tertiary/aromatic N) is 3. The molecule has 0 saturated heterocycles. The smallest absolute Gasteiger partial charge is 0.0827 e. The number of aryl methyl sites for hydroxylation is 2. The molecule has 1 aromatic rings. The molecule has 0 aliphatic rings. The second-order valence-electron chi connectivity index (χ2n) is 3.15. The molecule has 1 heterocycles. The molecule has 1 aromatic heterocycles. The van der Waals surface area contributed by atoms with Crippen LogP contribution in [0.3, 0.4) is 0 Å². The molecular formula is C9H17N3O. The molecule has 0 amide bonds. The van der Waals surface area contributed by atoms with Gasteiger partial charge in [0.25, 0.3) is 0 Å². The fourth-order valence-electron chi connectivity index (χ4n) is 1.21. The van der Waals surface area contributed by atoms with Gasteiger partial charge in [-0.15, -0.1) is 5.10 Å². The lowest BCUT2D eigenvalue weighted by Gasteiger charge is -1.94. The molecular weight excluding hydrogens is 166 g/mol. The van der Waals surface area contributed by atoms with Gasteiger partial charge in [-0.2, -0.15) is 0 Å². The average Bonchev–Trinajstić information content (AvgIpc) is 2.54. The molecule has 0 aliphatic carbocycles. The molecule has 4 nitrogen and oxygen atoms in total. The summed E-state index contributed by atoms with van der Waals surface area (Å²) < 4.78 is 1.87. The van der Waals surface area contributed by atoms with Crippen LogP contribution in [0.15, 0.2) is 6.20 Å². The SMILES string of the molecule is CCCn1cc(CCCCO)nn1. The average molecular weight is 183 g/mol. The number of aliphatic hydroxyl groups excluding tert-OH is 1. The van der Waals surface area contributed by atoms with Gasteiger partial charge in [-0.05, 0) is 25.7 Å². The lowest BCUT2D eigenvalue weighted by Crippen LogP contribution is -1.96. The van der Waals surface area contributed by atoms with E-state index >= 15 is 0 Å². The minimum absolute atomic E-state index is 0.267. The highest BCUT2D eigenvalue weighted by Crippen LogP contribution is 2.00. The summed E-state index contributed by atoms with van der Waals surface area (Å²) in [4.78, 5) is 0. The van der Waals surface area contributed by atoms with E-state index in [0.717, 1.165) is 37.9 Å². The summed E-state index contributed by atoms with van der Waals surface area (Å²) in [6, 6.07) is 0. The van der Waals surface area contributed by atoms with Crippen molar-refractivity contribution in [2.45, 2.75) is 39.2 Å². The number of rotatable bonds is 6. The maximum Gasteiger partial charge on any atom is 0.0827 e. The molecule has 74 valence electrons. The van der Waals surface area contributed by atoms with Crippen molar-refractivity contribution < 1.29 is 5.11 Å². The molecule has 0 radical (unpaired) electrons. The summed E-state index contributed by atoms with van der Waals surface area (Å²) in [6.07, 6.45) is 5.83. The van der Waals surface area contributed by atoms with E-state index in [9.17, 15) is 0 Å². The fraction of sp³-hybridized carbons (Fsp3) is 0.778. The Balaban J connectivity index is 2.31. The summed E-state index contributed by atoms with van der Waals surface area (Å²) in [7, 11) is 0. The number of unbranched alkanes of at least 4 members (excludes halogenated alkanes) is 1. The Labute approximate surface area is 78.6 Å². The molecule has 0 fully saturated rings. The van der Waals surface area contributed by atoms with Gasteiger partial charge in [0.15, 0.2) is 0 Å². The van der Waals surface area contributed by atoms with Gasteiger partial charge in [0.1, 0.15) is 0 Å². The third-order valence-corrected chi connectivity index (χ3v) is 1.88.